The summed E-state index contributed by atoms with van der Waals surface area (Å²) in [7, 11) is -8.39. The molecule has 11 heteroatoms. The van der Waals surface area contributed by atoms with E-state index in [4.69, 9.17) is 32.9 Å². The van der Waals surface area contributed by atoms with E-state index in [1.807, 2.05) is 4.72 Å². The number of nitrogens with two attached hydrogens (primary N) is 1. The third kappa shape index (κ3) is 4.48. The van der Waals surface area contributed by atoms with Crippen LogP contribution in [0.5, 0.6) is 0 Å². The van der Waals surface area contributed by atoms with Gasteiger partial charge >= 0.3 is 0 Å². The smallest absolute Gasteiger partial charge is 0.285 e. The van der Waals surface area contributed by atoms with E-state index in [9.17, 15) is 16.8 Å². The number of anilines is 1. The average Bonchev–Trinajstić information content (AvgIpc) is 2.18. The molecule has 0 spiro atoms. The van der Waals surface area contributed by atoms with Crippen molar-refractivity contribution < 1.29 is 21.4 Å². The maximum atomic E-state index is 11.0. The molecule has 0 bridgehead atoms. The van der Waals surface area contributed by atoms with Crippen LogP contribution in [0.3, 0.4) is 0 Å². The molecule has 108 valence electrons. The number of rotatable bonds is 4. The number of hydrogen-bond donors (Lipinski definition) is 3. The number of benzene rings is 1. The van der Waals surface area contributed by atoms with Crippen LogP contribution in [-0.2, 0) is 20.3 Å². The van der Waals surface area contributed by atoms with Crippen LogP contribution >= 0.6 is 23.2 Å². The van der Waals surface area contributed by atoms with Crippen LogP contribution in [0.15, 0.2) is 12.1 Å². The molecule has 7 nitrogen and oxygen atoms in total. The van der Waals surface area contributed by atoms with Crippen molar-refractivity contribution in [3.63, 3.8) is 0 Å². The number of hydrogen-bond acceptors (Lipinski definition) is 4. The monoisotopic (exact) mass is 348 g/mol. The molecule has 1 aromatic carbocycles. The van der Waals surface area contributed by atoms with Gasteiger partial charge in [0.2, 0.25) is 0 Å². The van der Waals surface area contributed by atoms with Crippen molar-refractivity contribution in [2.45, 2.75) is 12.2 Å². The average molecular weight is 349 g/mol. The second-order valence-electron chi connectivity index (χ2n) is 3.66. The lowest BCUT2D eigenvalue weighted by Crippen LogP contribution is -2.22. The van der Waals surface area contributed by atoms with Crippen LogP contribution in [0.1, 0.15) is 17.7 Å². The quantitative estimate of drug-likeness (QED) is 0.711. The van der Waals surface area contributed by atoms with Gasteiger partial charge in [0.15, 0.2) is 0 Å². The lowest BCUT2D eigenvalue weighted by atomic mass is 10.1. The molecule has 0 amide bonds. The highest BCUT2D eigenvalue weighted by atomic mass is 35.5. The molecule has 0 saturated heterocycles. The van der Waals surface area contributed by atoms with Gasteiger partial charge in [0.1, 0.15) is 5.25 Å². The summed E-state index contributed by atoms with van der Waals surface area (Å²) in [6.07, 6.45) is 0. The first-order valence-electron chi connectivity index (χ1n) is 4.67. The highest BCUT2D eigenvalue weighted by Gasteiger charge is 2.23. The Hall–Kier alpha value is -0.580. The van der Waals surface area contributed by atoms with E-state index in [0.717, 1.165) is 12.1 Å². The first-order valence-corrected chi connectivity index (χ1v) is 8.48. The normalized spacial score (nSPS) is 14.2. The zero-order chi connectivity index (χ0) is 15.0. The highest BCUT2D eigenvalue weighted by molar-refractivity contribution is 7.90. The lowest BCUT2D eigenvalue weighted by Gasteiger charge is -2.14. The summed E-state index contributed by atoms with van der Waals surface area (Å²) in [4.78, 5) is 0. The zero-order valence-corrected chi connectivity index (χ0v) is 12.6. The predicted molar refractivity (Wildman–Crippen MR) is 73.2 cm³/mol. The van der Waals surface area contributed by atoms with Gasteiger partial charge in [0, 0.05) is 5.02 Å². The Labute approximate surface area is 120 Å². The van der Waals surface area contributed by atoms with E-state index in [0.29, 0.717) is 0 Å². The zero-order valence-electron chi connectivity index (χ0n) is 9.46. The first kappa shape index (κ1) is 16.5. The van der Waals surface area contributed by atoms with Gasteiger partial charge in [-0.25, -0.2) is 5.14 Å². The molecule has 1 atom stereocenters. The lowest BCUT2D eigenvalue weighted by molar-refractivity contribution is 0.472. The molecule has 0 aliphatic rings. The van der Waals surface area contributed by atoms with Crippen molar-refractivity contribution in [3.05, 3.63) is 27.7 Å². The summed E-state index contributed by atoms with van der Waals surface area (Å²) < 4.78 is 54.7. The van der Waals surface area contributed by atoms with Gasteiger partial charge in [-0.1, -0.05) is 23.2 Å². The van der Waals surface area contributed by atoms with Crippen molar-refractivity contribution in [2.75, 3.05) is 4.72 Å². The molecule has 0 heterocycles. The molecule has 0 aliphatic carbocycles. The molecule has 4 N–H and O–H groups in total. The van der Waals surface area contributed by atoms with Crippen LogP contribution in [-0.4, -0.2) is 21.4 Å². The van der Waals surface area contributed by atoms with Crippen LogP contribution in [0.2, 0.25) is 10.0 Å². The minimum Gasteiger partial charge on any atom is -0.285 e. The molecule has 0 radical (unpaired) electrons. The van der Waals surface area contributed by atoms with E-state index >= 15 is 0 Å². The maximum Gasteiger partial charge on any atom is 0.296 e. The molecular weight excluding hydrogens is 339 g/mol. The third-order valence-electron chi connectivity index (χ3n) is 2.22. The molecule has 0 saturated carbocycles. The minimum absolute atomic E-state index is 0.0362. The van der Waals surface area contributed by atoms with Crippen molar-refractivity contribution >= 4 is 49.2 Å². The first-order chi connectivity index (χ1) is 8.42. The molecule has 0 fully saturated rings. The Bertz CT molecular complexity index is 702. The van der Waals surface area contributed by atoms with Gasteiger partial charge in [0.25, 0.3) is 20.3 Å². The second kappa shape index (κ2) is 5.43. The molecule has 0 aliphatic heterocycles. The summed E-state index contributed by atoms with van der Waals surface area (Å²) in [6.45, 7) is 1.21. The Balaban J connectivity index is 3.33. The fourth-order valence-electron chi connectivity index (χ4n) is 1.27. The predicted octanol–water partition coefficient (Wildman–Crippen LogP) is 1.56. The summed E-state index contributed by atoms with van der Waals surface area (Å²) in [5.41, 5.74) is -0.0606. The Morgan fingerprint density at radius 1 is 1.21 bits per heavy atom. The summed E-state index contributed by atoms with van der Waals surface area (Å²) in [5.74, 6) is 0. The standard InChI is InChI=1S/C8H10Cl2N2O5S2/c1-4(18(13,14)15)5-2-7(10)8(3-6(5)9)12-19(11,16)17/h2-4,12H,1H3,(H2,11,16,17)(H,13,14,15). The van der Waals surface area contributed by atoms with Gasteiger partial charge in [-0.05, 0) is 24.6 Å². The Morgan fingerprint density at radius 2 is 1.74 bits per heavy atom. The van der Waals surface area contributed by atoms with Gasteiger partial charge < -0.3 is 0 Å². The molecule has 1 rings (SSSR count). The van der Waals surface area contributed by atoms with Crippen LogP contribution < -0.4 is 9.86 Å². The third-order valence-corrected chi connectivity index (χ3v) is 4.52. The minimum atomic E-state index is -4.35. The largest absolute Gasteiger partial charge is 0.296 e. The summed E-state index contributed by atoms with van der Waals surface area (Å²) in [6, 6.07) is 2.24. The summed E-state index contributed by atoms with van der Waals surface area (Å²) in [5, 5.41) is 3.28. The SMILES string of the molecule is CC(c1cc(Cl)c(NS(N)(=O)=O)cc1Cl)S(=O)(=O)O. The Kier molecular flexibility index (Phi) is 4.71. The van der Waals surface area contributed by atoms with Crippen LogP contribution in [0.4, 0.5) is 5.69 Å². The Morgan fingerprint density at radius 3 is 2.16 bits per heavy atom. The van der Waals surface area contributed by atoms with Gasteiger partial charge in [-0.2, -0.15) is 16.8 Å². The second-order valence-corrected chi connectivity index (χ2v) is 7.50. The maximum absolute atomic E-state index is 11.0. The van der Waals surface area contributed by atoms with Crippen LogP contribution in [0, 0.1) is 0 Å². The molecular formula is C8H10Cl2N2O5S2. The van der Waals surface area contributed by atoms with Crippen molar-refractivity contribution in [1.29, 1.82) is 0 Å². The van der Waals surface area contributed by atoms with Crippen molar-refractivity contribution in [3.8, 4) is 0 Å². The van der Waals surface area contributed by atoms with Gasteiger partial charge in [-0.3, -0.25) is 9.27 Å². The molecule has 1 unspecified atom stereocenters. The topological polar surface area (TPSA) is 127 Å². The van der Waals surface area contributed by atoms with Crippen molar-refractivity contribution in [2.24, 2.45) is 5.14 Å². The van der Waals surface area contributed by atoms with E-state index in [-0.39, 0.29) is 21.3 Å². The molecule has 19 heavy (non-hydrogen) atoms. The molecule has 1 aromatic rings. The number of halogens is 2. The number of nitrogens with one attached hydrogen (secondary N) is 1. The van der Waals surface area contributed by atoms with E-state index in [1.54, 1.807) is 0 Å². The van der Waals surface area contributed by atoms with Crippen molar-refractivity contribution in [1.82, 2.24) is 0 Å². The van der Waals surface area contributed by atoms with E-state index in [2.05, 4.69) is 0 Å². The van der Waals surface area contributed by atoms with E-state index < -0.39 is 25.6 Å². The summed E-state index contributed by atoms with van der Waals surface area (Å²) >= 11 is 11.6. The van der Waals surface area contributed by atoms with Gasteiger partial charge in [0.05, 0.1) is 10.7 Å². The van der Waals surface area contributed by atoms with Crippen LogP contribution in [0.25, 0.3) is 0 Å². The molecule has 0 aromatic heterocycles. The van der Waals surface area contributed by atoms with Gasteiger partial charge in [-0.15, -0.1) is 0 Å². The fraction of sp³-hybridized carbons (Fsp3) is 0.250. The van der Waals surface area contributed by atoms with E-state index in [1.165, 1.54) is 6.92 Å². The highest BCUT2D eigenvalue weighted by Crippen LogP contribution is 2.35. The fourth-order valence-corrected chi connectivity index (χ4v) is 2.92.